The summed E-state index contributed by atoms with van der Waals surface area (Å²) >= 11 is 0. The van der Waals surface area contributed by atoms with Crippen LogP contribution in [0, 0.1) is 12.3 Å². The summed E-state index contributed by atoms with van der Waals surface area (Å²) in [4.78, 5) is 0. The zero-order valence-electron chi connectivity index (χ0n) is 10.5. The van der Waals surface area contributed by atoms with Crippen molar-refractivity contribution in [2.75, 3.05) is 11.9 Å². The van der Waals surface area contributed by atoms with Crippen molar-refractivity contribution in [3.8, 4) is 12.3 Å². The van der Waals surface area contributed by atoms with Gasteiger partial charge >= 0.3 is 0 Å². The summed E-state index contributed by atoms with van der Waals surface area (Å²) in [5, 5.41) is 3.36. The van der Waals surface area contributed by atoms with Gasteiger partial charge in [-0.3, -0.25) is 0 Å². The average Bonchev–Trinajstić information content (AvgIpc) is 2.24. The van der Waals surface area contributed by atoms with Crippen LogP contribution in [0.25, 0.3) is 0 Å². The number of hydrogen-bond acceptors (Lipinski definition) is 1. The molecular weight excluding hydrogens is 194 g/mol. The van der Waals surface area contributed by atoms with E-state index in [2.05, 4.69) is 56.3 Å². The van der Waals surface area contributed by atoms with Crippen LogP contribution in [-0.2, 0) is 5.41 Å². The topological polar surface area (TPSA) is 12.0 Å². The minimum atomic E-state index is 0.224. The number of terminal acetylenes is 1. The first-order valence-corrected chi connectivity index (χ1v) is 5.82. The van der Waals surface area contributed by atoms with Gasteiger partial charge in [-0.05, 0) is 29.5 Å². The molecule has 1 heteroatoms. The highest BCUT2D eigenvalue weighted by Crippen LogP contribution is 2.23. The van der Waals surface area contributed by atoms with Crippen molar-refractivity contribution < 1.29 is 0 Å². The van der Waals surface area contributed by atoms with E-state index >= 15 is 0 Å². The SMILES string of the molecule is C#CCCCNc1ccc(C(C)(C)C)cc1. The fourth-order valence-corrected chi connectivity index (χ4v) is 1.51. The summed E-state index contributed by atoms with van der Waals surface area (Å²) in [6, 6.07) is 8.64. The molecule has 0 heterocycles. The molecule has 0 aliphatic heterocycles. The Morgan fingerprint density at radius 3 is 2.31 bits per heavy atom. The second kappa shape index (κ2) is 5.61. The lowest BCUT2D eigenvalue weighted by molar-refractivity contribution is 0.590. The molecule has 0 amide bonds. The van der Waals surface area contributed by atoms with E-state index in [1.807, 2.05) is 0 Å². The first kappa shape index (κ1) is 12.6. The smallest absolute Gasteiger partial charge is 0.0340 e. The standard InChI is InChI=1S/C15H21N/c1-5-6-7-12-16-14-10-8-13(9-11-14)15(2,3)4/h1,8-11,16H,6-7,12H2,2-4H3. The van der Waals surface area contributed by atoms with Gasteiger partial charge in [0.15, 0.2) is 0 Å². The second-order valence-electron chi connectivity index (χ2n) is 5.06. The lowest BCUT2D eigenvalue weighted by atomic mass is 9.87. The molecule has 1 nitrogen and oxygen atoms in total. The number of nitrogens with one attached hydrogen (secondary N) is 1. The van der Waals surface area contributed by atoms with Crippen molar-refractivity contribution in [2.24, 2.45) is 0 Å². The molecule has 0 aliphatic rings. The maximum Gasteiger partial charge on any atom is 0.0340 e. The molecule has 0 spiro atoms. The average molecular weight is 215 g/mol. The Bertz CT molecular complexity index is 349. The van der Waals surface area contributed by atoms with Gasteiger partial charge in [-0.1, -0.05) is 32.9 Å². The quantitative estimate of drug-likeness (QED) is 0.595. The third-order valence-electron chi connectivity index (χ3n) is 2.58. The number of unbranched alkanes of at least 4 members (excludes halogenated alkanes) is 1. The minimum absolute atomic E-state index is 0.224. The van der Waals surface area contributed by atoms with Gasteiger partial charge in [0.2, 0.25) is 0 Å². The van der Waals surface area contributed by atoms with Crippen LogP contribution in [0.15, 0.2) is 24.3 Å². The van der Waals surface area contributed by atoms with Crippen LogP contribution in [0.4, 0.5) is 5.69 Å². The van der Waals surface area contributed by atoms with Crippen molar-refractivity contribution in [1.82, 2.24) is 0 Å². The van der Waals surface area contributed by atoms with E-state index < -0.39 is 0 Å². The van der Waals surface area contributed by atoms with Crippen molar-refractivity contribution in [3.63, 3.8) is 0 Å². The number of hydrogen-bond donors (Lipinski definition) is 1. The van der Waals surface area contributed by atoms with Crippen LogP contribution in [0.3, 0.4) is 0 Å². The molecule has 1 aromatic rings. The zero-order valence-corrected chi connectivity index (χ0v) is 10.5. The Morgan fingerprint density at radius 2 is 1.81 bits per heavy atom. The molecule has 1 N–H and O–H groups in total. The highest BCUT2D eigenvalue weighted by atomic mass is 14.9. The Kier molecular flexibility index (Phi) is 4.43. The Hall–Kier alpha value is -1.42. The molecule has 0 saturated heterocycles. The Labute approximate surface area is 99.3 Å². The van der Waals surface area contributed by atoms with Crippen molar-refractivity contribution in [3.05, 3.63) is 29.8 Å². The molecule has 0 fully saturated rings. The molecular formula is C15H21N. The molecule has 0 aliphatic carbocycles. The van der Waals surface area contributed by atoms with Gasteiger partial charge in [-0.2, -0.15) is 0 Å². The largest absolute Gasteiger partial charge is 0.385 e. The second-order valence-corrected chi connectivity index (χ2v) is 5.06. The van der Waals surface area contributed by atoms with Crippen molar-refractivity contribution >= 4 is 5.69 Å². The summed E-state index contributed by atoms with van der Waals surface area (Å²) < 4.78 is 0. The summed E-state index contributed by atoms with van der Waals surface area (Å²) in [7, 11) is 0. The number of benzene rings is 1. The van der Waals surface area contributed by atoms with Gasteiger partial charge in [0.05, 0.1) is 0 Å². The van der Waals surface area contributed by atoms with Gasteiger partial charge in [-0.15, -0.1) is 12.3 Å². The lowest BCUT2D eigenvalue weighted by Crippen LogP contribution is -2.11. The molecule has 16 heavy (non-hydrogen) atoms. The molecule has 0 atom stereocenters. The first-order valence-electron chi connectivity index (χ1n) is 5.82. The van der Waals surface area contributed by atoms with Crippen molar-refractivity contribution in [1.29, 1.82) is 0 Å². The highest BCUT2D eigenvalue weighted by Gasteiger charge is 2.12. The van der Waals surface area contributed by atoms with Crippen molar-refractivity contribution in [2.45, 2.75) is 39.0 Å². The van der Waals surface area contributed by atoms with Crippen LogP contribution in [0.1, 0.15) is 39.2 Å². The van der Waals surface area contributed by atoms with Crippen LogP contribution in [0.2, 0.25) is 0 Å². The van der Waals surface area contributed by atoms with Crippen LogP contribution >= 0.6 is 0 Å². The lowest BCUT2D eigenvalue weighted by Gasteiger charge is -2.19. The van der Waals surface area contributed by atoms with Gasteiger partial charge in [-0.25, -0.2) is 0 Å². The predicted molar refractivity (Wildman–Crippen MR) is 71.7 cm³/mol. The molecule has 0 unspecified atom stereocenters. The van der Waals surface area contributed by atoms with Crippen LogP contribution < -0.4 is 5.32 Å². The maximum absolute atomic E-state index is 5.20. The number of rotatable bonds is 4. The van der Waals surface area contributed by atoms with E-state index in [-0.39, 0.29) is 5.41 Å². The summed E-state index contributed by atoms with van der Waals surface area (Å²) in [6.07, 6.45) is 7.06. The van der Waals surface area contributed by atoms with E-state index in [0.717, 1.165) is 19.4 Å². The predicted octanol–water partition coefficient (Wildman–Crippen LogP) is 3.81. The van der Waals surface area contributed by atoms with Gasteiger partial charge in [0.25, 0.3) is 0 Å². The molecule has 0 radical (unpaired) electrons. The Morgan fingerprint density at radius 1 is 1.19 bits per heavy atom. The van der Waals surface area contributed by atoms with E-state index in [1.165, 1.54) is 11.3 Å². The van der Waals surface area contributed by atoms with Crippen LogP contribution in [0.5, 0.6) is 0 Å². The summed E-state index contributed by atoms with van der Waals surface area (Å²) in [5.41, 5.74) is 2.76. The van der Waals surface area contributed by atoms with E-state index in [0.29, 0.717) is 0 Å². The zero-order chi connectivity index (χ0) is 12.0. The molecule has 0 aromatic heterocycles. The van der Waals surface area contributed by atoms with Gasteiger partial charge in [0, 0.05) is 18.7 Å². The van der Waals surface area contributed by atoms with E-state index in [9.17, 15) is 0 Å². The maximum atomic E-state index is 5.20. The van der Waals surface area contributed by atoms with Gasteiger partial charge in [0.1, 0.15) is 0 Å². The fraction of sp³-hybridized carbons (Fsp3) is 0.467. The molecule has 1 rings (SSSR count). The summed E-state index contributed by atoms with van der Waals surface area (Å²) in [5.74, 6) is 2.64. The normalized spacial score (nSPS) is 10.9. The Balaban J connectivity index is 2.49. The monoisotopic (exact) mass is 215 g/mol. The fourth-order valence-electron chi connectivity index (χ4n) is 1.51. The molecule has 86 valence electrons. The first-order chi connectivity index (χ1) is 7.54. The molecule has 0 saturated carbocycles. The molecule has 0 bridgehead atoms. The third kappa shape index (κ3) is 3.98. The van der Waals surface area contributed by atoms with Gasteiger partial charge < -0.3 is 5.32 Å². The summed E-state index contributed by atoms with van der Waals surface area (Å²) in [6.45, 7) is 7.62. The third-order valence-corrected chi connectivity index (χ3v) is 2.58. The molecule has 1 aromatic carbocycles. The highest BCUT2D eigenvalue weighted by molar-refractivity contribution is 5.45. The van der Waals surface area contributed by atoms with E-state index in [1.54, 1.807) is 0 Å². The minimum Gasteiger partial charge on any atom is -0.385 e. The van der Waals surface area contributed by atoms with Crippen LogP contribution in [-0.4, -0.2) is 6.54 Å². The number of anilines is 1. The van der Waals surface area contributed by atoms with E-state index in [4.69, 9.17) is 6.42 Å².